The minimum atomic E-state index is 0.0667. The Morgan fingerprint density at radius 2 is 2.05 bits per heavy atom. The van der Waals surface area contributed by atoms with E-state index in [0.717, 1.165) is 43.6 Å². The summed E-state index contributed by atoms with van der Waals surface area (Å²) in [5.74, 6) is 3.15. The van der Waals surface area contributed by atoms with Crippen LogP contribution in [0.4, 0.5) is 0 Å². The molecule has 2 aliphatic heterocycles. The zero-order valence-corrected chi connectivity index (χ0v) is 12.6. The first-order chi connectivity index (χ1) is 9.78. The van der Waals surface area contributed by atoms with Crippen molar-refractivity contribution in [2.75, 3.05) is 32.9 Å². The number of nitrogens with zero attached hydrogens (tertiary/aromatic N) is 1. The molecule has 3 nitrogen and oxygen atoms in total. The van der Waals surface area contributed by atoms with Gasteiger partial charge in [-0.25, -0.2) is 0 Å². The van der Waals surface area contributed by atoms with E-state index in [-0.39, 0.29) is 5.41 Å². The van der Waals surface area contributed by atoms with Crippen molar-refractivity contribution in [3.63, 3.8) is 0 Å². The summed E-state index contributed by atoms with van der Waals surface area (Å²) in [5, 5.41) is 9.65. The van der Waals surface area contributed by atoms with Gasteiger partial charge < -0.3 is 9.84 Å². The summed E-state index contributed by atoms with van der Waals surface area (Å²) in [5.41, 5.74) is 0.0667. The number of hydrogen-bond acceptors (Lipinski definition) is 3. The second-order valence-corrected chi connectivity index (χ2v) is 8.09. The molecule has 4 rings (SSSR count). The molecule has 2 heterocycles. The molecule has 0 aromatic carbocycles. The van der Waals surface area contributed by atoms with Crippen LogP contribution < -0.4 is 0 Å². The van der Waals surface area contributed by atoms with Crippen LogP contribution in [0.15, 0.2) is 0 Å². The highest BCUT2D eigenvalue weighted by molar-refractivity contribution is 4.96. The van der Waals surface area contributed by atoms with Crippen molar-refractivity contribution in [1.82, 2.24) is 4.90 Å². The quantitative estimate of drug-likeness (QED) is 0.838. The Hall–Kier alpha value is -0.120. The minimum absolute atomic E-state index is 0.0667. The van der Waals surface area contributed by atoms with Crippen LogP contribution in [0, 0.1) is 23.2 Å². The number of aliphatic hydroxyl groups is 1. The van der Waals surface area contributed by atoms with Crippen LogP contribution in [0.5, 0.6) is 0 Å². The average Bonchev–Trinajstić information content (AvgIpc) is 3.11. The number of likely N-dealkylation sites (tertiary alicyclic amines) is 1. The van der Waals surface area contributed by atoms with Crippen LogP contribution in [-0.2, 0) is 4.74 Å². The normalized spacial score (nSPS) is 43.0. The Morgan fingerprint density at radius 1 is 1.15 bits per heavy atom. The van der Waals surface area contributed by atoms with Crippen LogP contribution >= 0.6 is 0 Å². The van der Waals surface area contributed by atoms with Crippen molar-refractivity contribution < 1.29 is 9.84 Å². The summed E-state index contributed by atoms with van der Waals surface area (Å²) in [6, 6.07) is 0.795. The summed E-state index contributed by atoms with van der Waals surface area (Å²) in [6.07, 6.45) is 10.2. The van der Waals surface area contributed by atoms with Crippen molar-refractivity contribution in [2.24, 2.45) is 23.2 Å². The van der Waals surface area contributed by atoms with E-state index in [1.165, 1.54) is 51.5 Å². The first kappa shape index (κ1) is 13.5. The van der Waals surface area contributed by atoms with Gasteiger partial charge in [0, 0.05) is 12.6 Å². The zero-order valence-electron chi connectivity index (χ0n) is 12.6. The van der Waals surface area contributed by atoms with E-state index in [0.29, 0.717) is 6.61 Å². The fourth-order valence-corrected chi connectivity index (χ4v) is 5.44. The van der Waals surface area contributed by atoms with Crippen LogP contribution in [0.1, 0.15) is 44.9 Å². The Balaban J connectivity index is 1.35. The lowest BCUT2D eigenvalue weighted by molar-refractivity contribution is -0.149. The maximum absolute atomic E-state index is 9.65. The van der Waals surface area contributed by atoms with Gasteiger partial charge >= 0.3 is 0 Å². The van der Waals surface area contributed by atoms with Crippen molar-refractivity contribution in [3.05, 3.63) is 0 Å². The third-order valence-electron chi connectivity index (χ3n) is 6.65. The predicted molar refractivity (Wildman–Crippen MR) is 78.5 cm³/mol. The summed E-state index contributed by atoms with van der Waals surface area (Å²) in [6.45, 7) is 4.13. The molecule has 114 valence electrons. The molecule has 0 radical (unpaired) electrons. The van der Waals surface area contributed by atoms with Crippen LogP contribution in [0.2, 0.25) is 0 Å². The Bertz CT molecular complexity index is 349. The van der Waals surface area contributed by atoms with E-state index in [1.54, 1.807) is 0 Å². The lowest BCUT2D eigenvalue weighted by Gasteiger charge is -2.44. The SMILES string of the molecule is OCC1(CN2CCCC2CC2CC3CCC2C3)COC1. The molecule has 3 heteroatoms. The highest BCUT2D eigenvalue weighted by Gasteiger charge is 2.44. The fourth-order valence-electron chi connectivity index (χ4n) is 5.44. The van der Waals surface area contributed by atoms with E-state index in [2.05, 4.69) is 4.90 Å². The van der Waals surface area contributed by atoms with E-state index in [9.17, 15) is 5.11 Å². The number of aliphatic hydroxyl groups excluding tert-OH is 1. The predicted octanol–water partition coefficient (Wildman–Crippen LogP) is 2.29. The maximum atomic E-state index is 9.65. The van der Waals surface area contributed by atoms with Crippen molar-refractivity contribution in [3.8, 4) is 0 Å². The van der Waals surface area contributed by atoms with Gasteiger partial charge in [-0.1, -0.05) is 6.42 Å². The van der Waals surface area contributed by atoms with E-state index in [1.807, 2.05) is 0 Å². The third-order valence-corrected chi connectivity index (χ3v) is 6.65. The molecular formula is C17H29NO2. The van der Waals surface area contributed by atoms with Crippen molar-refractivity contribution in [2.45, 2.75) is 51.0 Å². The fraction of sp³-hybridized carbons (Fsp3) is 1.00. The largest absolute Gasteiger partial charge is 0.396 e. The summed E-state index contributed by atoms with van der Waals surface area (Å²) >= 11 is 0. The third kappa shape index (κ3) is 2.32. The minimum Gasteiger partial charge on any atom is -0.396 e. The van der Waals surface area contributed by atoms with Crippen LogP contribution in [-0.4, -0.2) is 49.0 Å². The molecule has 0 aromatic heterocycles. The lowest BCUT2D eigenvalue weighted by atomic mass is 9.82. The molecule has 0 amide bonds. The molecule has 20 heavy (non-hydrogen) atoms. The molecular weight excluding hydrogens is 250 g/mol. The number of ether oxygens (including phenoxy) is 1. The first-order valence-corrected chi connectivity index (χ1v) is 8.71. The van der Waals surface area contributed by atoms with E-state index in [4.69, 9.17) is 4.74 Å². The van der Waals surface area contributed by atoms with Gasteiger partial charge in [-0.3, -0.25) is 4.90 Å². The average molecular weight is 279 g/mol. The second kappa shape index (κ2) is 5.26. The van der Waals surface area contributed by atoms with Crippen LogP contribution in [0.25, 0.3) is 0 Å². The topological polar surface area (TPSA) is 32.7 Å². The molecule has 2 saturated heterocycles. The highest BCUT2D eigenvalue weighted by atomic mass is 16.5. The van der Waals surface area contributed by atoms with Gasteiger partial charge in [0.15, 0.2) is 0 Å². The molecule has 2 aliphatic carbocycles. The molecule has 4 atom stereocenters. The van der Waals surface area contributed by atoms with E-state index >= 15 is 0 Å². The summed E-state index contributed by atoms with van der Waals surface area (Å²) in [7, 11) is 0. The lowest BCUT2D eigenvalue weighted by Crippen LogP contribution is -2.54. The smallest absolute Gasteiger partial charge is 0.0579 e. The monoisotopic (exact) mass is 279 g/mol. The second-order valence-electron chi connectivity index (χ2n) is 8.09. The van der Waals surface area contributed by atoms with Gasteiger partial charge in [0.25, 0.3) is 0 Å². The van der Waals surface area contributed by atoms with Gasteiger partial charge in [-0.2, -0.15) is 0 Å². The van der Waals surface area contributed by atoms with Crippen molar-refractivity contribution >= 4 is 0 Å². The van der Waals surface area contributed by atoms with Gasteiger partial charge in [-0.05, 0) is 62.8 Å². The Labute approximate surface area is 122 Å². The Kier molecular flexibility index (Phi) is 3.56. The number of rotatable bonds is 5. The molecule has 4 unspecified atom stereocenters. The molecule has 1 N–H and O–H groups in total. The zero-order chi connectivity index (χ0) is 13.6. The molecule has 0 aromatic rings. The molecule has 4 aliphatic rings. The van der Waals surface area contributed by atoms with Crippen LogP contribution in [0.3, 0.4) is 0 Å². The molecule has 4 fully saturated rings. The maximum Gasteiger partial charge on any atom is 0.0579 e. The summed E-state index contributed by atoms with van der Waals surface area (Å²) < 4.78 is 5.36. The standard InChI is InChI=1S/C17H29NO2/c19-10-17(11-20-12-17)9-18-5-1-2-16(18)8-15-7-13-3-4-14(15)6-13/h13-16,19H,1-12H2. The van der Waals surface area contributed by atoms with Gasteiger partial charge in [-0.15, -0.1) is 0 Å². The van der Waals surface area contributed by atoms with Crippen molar-refractivity contribution in [1.29, 1.82) is 0 Å². The number of hydrogen-bond donors (Lipinski definition) is 1. The van der Waals surface area contributed by atoms with Gasteiger partial charge in [0.05, 0.1) is 25.2 Å². The summed E-state index contributed by atoms with van der Waals surface area (Å²) in [4.78, 5) is 2.69. The molecule has 2 bridgehead atoms. The molecule has 0 spiro atoms. The number of fused-ring (bicyclic) bond motifs is 2. The van der Waals surface area contributed by atoms with E-state index < -0.39 is 0 Å². The highest BCUT2D eigenvalue weighted by Crippen LogP contribution is 2.50. The van der Waals surface area contributed by atoms with Gasteiger partial charge in [0.1, 0.15) is 0 Å². The first-order valence-electron chi connectivity index (χ1n) is 8.71. The Morgan fingerprint density at radius 3 is 2.65 bits per heavy atom. The van der Waals surface area contributed by atoms with Gasteiger partial charge in [0.2, 0.25) is 0 Å². The molecule has 2 saturated carbocycles.